The maximum absolute atomic E-state index is 12.8. The molecule has 0 spiro atoms. The molecule has 1 aromatic rings. The average molecular weight is 279 g/mol. The number of rotatable bonds is 6. The lowest BCUT2D eigenvalue weighted by Crippen LogP contribution is -2.37. The summed E-state index contributed by atoms with van der Waals surface area (Å²) in [6.07, 6.45) is 0.930. The van der Waals surface area contributed by atoms with E-state index in [9.17, 15) is 14.0 Å². The largest absolute Gasteiger partial charge is 0.465 e. The van der Waals surface area contributed by atoms with E-state index >= 15 is 0 Å². The first-order chi connectivity index (χ1) is 9.58. The highest BCUT2D eigenvalue weighted by Crippen LogP contribution is 2.13. The van der Waals surface area contributed by atoms with Gasteiger partial charge >= 0.3 is 5.97 Å². The van der Waals surface area contributed by atoms with Gasteiger partial charge in [0.25, 0.3) is 0 Å². The number of carbonyl (C=O) groups excluding carboxylic acids is 2. The highest BCUT2D eigenvalue weighted by molar-refractivity contribution is 5.96. The molecule has 1 heterocycles. The van der Waals surface area contributed by atoms with Gasteiger partial charge < -0.3 is 4.74 Å². The molecule has 0 aliphatic heterocycles. The Hall–Kier alpha value is -2.49. The Morgan fingerprint density at radius 1 is 1.50 bits per heavy atom. The lowest BCUT2D eigenvalue weighted by atomic mass is 10.3. The van der Waals surface area contributed by atoms with E-state index in [1.807, 2.05) is 6.07 Å². The third-order valence-electron chi connectivity index (χ3n) is 2.33. The lowest BCUT2D eigenvalue weighted by molar-refractivity contribution is -0.142. The van der Waals surface area contributed by atoms with Crippen LogP contribution in [0.25, 0.3) is 0 Å². The number of halogens is 1. The molecule has 1 aromatic heterocycles. The summed E-state index contributed by atoms with van der Waals surface area (Å²) in [7, 11) is 0. The fourth-order valence-electron chi connectivity index (χ4n) is 1.46. The van der Waals surface area contributed by atoms with Crippen LogP contribution in [0.3, 0.4) is 0 Å². The highest BCUT2D eigenvalue weighted by Gasteiger charge is 2.20. The van der Waals surface area contributed by atoms with E-state index in [2.05, 4.69) is 4.98 Å². The minimum atomic E-state index is -0.594. The van der Waals surface area contributed by atoms with Crippen molar-refractivity contribution in [1.29, 1.82) is 5.26 Å². The molecular formula is C13H14FN3O3. The van der Waals surface area contributed by atoms with Gasteiger partial charge in [0.15, 0.2) is 0 Å². The van der Waals surface area contributed by atoms with E-state index in [4.69, 9.17) is 10.00 Å². The minimum Gasteiger partial charge on any atom is -0.465 e. The van der Waals surface area contributed by atoms with Gasteiger partial charge in [0.2, 0.25) is 5.91 Å². The summed E-state index contributed by atoms with van der Waals surface area (Å²) >= 11 is 0. The molecule has 6 nitrogen and oxygen atoms in total. The molecule has 0 unspecified atom stereocenters. The molecule has 0 radical (unpaired) electrons. The van der Waals surface area contributed by atoms with Crippen LogP contribution >= 0.6 is 0 Å². The molecule has 0 saturated carbocycles. The number of nitrogens with zero attached hydrogens (tertiary/aromatic N) is 3. The predicted octanol–water partition coefficient (Wildman–Crippen LogP) is 1.42. The van der Waals surface area contributed by atoms with Crippen molar-refractivity contribution in [2.75, 3.05) is 18.1 Å². The minimum absolute atomic E-state index is 0.0271. The molecule has 0 fully saturated rings. The molecular weight excluding hydrogens is 265 g/mol. The maximum atomic E-state index is 12.8. The number of pyridine rings is 1. The summed E-state index contributed by atoms with van der Waals surface area (Å²) in [5.74, 6) is -1.45. The van der Waals surface area contributed by atoms with E-state index in [1.165, 1.54) is 6.07 Å². The van der Waals surface area contributed by atoms with Crippen molar-refractivity contribution >= 4 is 17.7 Å². The van der Waals surface area contributed by atoms with Gasteiger partial charge in [-0.3, -0.25) is 14.5 Å². The van der Waals surface area contributed by atoms with Gasteiger partial charge in [-0.2, -0.15) is 5.26 Å². The predicted molar refractivity (Wildman–Crippen MR) is 68.0 cm³/mol. The number of hydrogen-bond donors (Lipinski definition) is 0. The molecule has 1 rings (SSSR count). The van der Waals surface area contributed by atoms with Gasteiger partial charge in [-0.05, 0) is 19.1 Å². The standard InChI is InChI=1S/C13H14FN3O3/c1-2-20-13(19)9-17(12(18)4-3-7-15)11-6-5-10(14)8-16-11/h5-6,8H,2-4,9H2,1H3. The summed E-state index contributed by atoms with van der Waals surface area (Å²) in [6.45, 7) is 1.52. The summed E-state index contributed by atoms with van der Waals surface area (Å²) < 4.78 is 17.6. The zero-order chi connectivity index (χ0) is 15.0. The van der Waals surface area contributed by atoms with Crippen LogP contribution in [0.4, 0.5) is 10.2 Å². The smallest absolute Gasteiger partial charge is 0.326 e. The first-order valence-electron chi connectivity index (χ1n) is 6.03. The second-order valence-corrected chi connectivity index (χ2v) is 3.78. The zero-order valence-corrected chi connectivity index (χ0v) is 11.0. The average Bonchev–Trinajstić information content (AvgIpc) is 2.43. The second-order valence-electron chi connectivity index (χ2n) is 3.78. The second kappa shape index (κ2) is 7.84. The van der Waals surface area contributed by atoms with E-state index in [0.29, 0.717) is 0 Å². The van der Waals surface area contributed by atoms with Crippen LogP contribution < -0.4 is 4.90 Å². The van der Waals surface area contributed by atoms with Gasteiger partial charge in [0.05, 0.1) is 18.9 Å². The fourth-order valence-corrected chi connectivity index (χ4v) is 1.46. The Labute approximate surface area is 115 Å². The molecule has 7 heteroatoms. The summed E-state index contributed by atoms with van der Waals surface area (Å²) in [5, 5.41) is 8.49. The van der Waals surface area contributed by atoms with E-state index < -0.39 is 17.7 Å². The Morgan fingerprint density at radius 2 is 2.25 bits per heavy atom. The molecule has 0 atom stereocenters. The summed E-state index contributed by atoms with van der Waals surface area (Å²) in [4.78, 5) is 28.3. The Kier molecular flexibility index (Phi) is 6.10. The van der Waals surface area contributed by atoms with Crippen molar-refractivity contribution in [2.24, 2.45) is 0 Å². The zero-order valence-electron chi connectivity index (χ0n) is 11.0. The van der Waals surface area contributed by atoms with Gasteiger partial charge in [-0.15, -0.1) is 0 Å². The molecule has 0 aliphatic carbocycles. The molecule has 1 amide bonds. The van der Waals surface area contributed by atoms with Crippen LogP contribution in [0.2, 0.25) is 0 Å². The van der Waals surface area contributed by atoms with Crippen molar-refractivity contribution < 1.29 is 18.7 Å². The molecule has 106 valence electrons. The van der Waals surface area contributed by atoms with Crippen molar-refractivity contribution in [1.82, 2.24) is 4.98 Å². The van der Waals surface area contributed by atoms with Gasteiger partial charge in [0, 0.05) is 12.8 Å². The van der Waals surface area contributed by atoms with Crippen molar-refractivity contribution in [3.05, 3.63) is 24.1 Å². The highest BCUT2D eigenvalue weighted by atomic mass is 19.1. The van der Waals surface area contributed by atoms with E-state index in [0.717, 1.165) is 17.2 Å². The van der Waals surface area contributed by atoms with Crippen LogP contribution in [0, 0.1) is 17.1 Å². The molecule has 0 saturated heterocycles. The Balaban J connectivity index is 2.88. The van der Waals surface area contributed by atoms with E-state index in [1.54, 1.807) is 6.92 Å². The van der Waals surface area contributed by atoms with Gasteiger partial charge in [-0.1, -0.05) is 0 Å². The van der Waals surface area contributed by atoms with Crippen LogP contribution in [0.1, 0.15) is 19.8 Å². The van der Waals surface area contributed by atoms with Crippen molar-refractivity contribution in [3.8, 4) is 6.07 Å². The fraction of sp³-hybridized carbons (Fsp3) is 0.385. The molecule has 0 N–H and O–H groups in total. The first-order valence-corrected chi connectivity index (χ1v) is 6.03. The van der Waals surface area contributed by atoms with Crippen LogP contribution in [-0.2, 0) is 14.3 Å². The third-order valence-corrected chi connectivity index (χ3v) is 2.33. The Bertz CT molecular complexity index is 511. The number of nitriles is 1. The summed E-state index contributed by atoms with van der Waals surface area (Å²) in [5.41, 5.74) is 0. The first kappa shape index (κ1) is 15.6. The Morgan fingerprint density at radius 3 is 2.80 bits per heavy atom. The molecule has 0 aromatic carbocycles. The normalized spacial score (nSPS) is 9.65. The third kappa shape index (κ3) is 4.65. The number of hydrogen-bond acceptors (Lipinski definition) is 5. The van der Waals surface area contributed by atoms with Crippen molar-refractivity contribution in [2.45, 2.75) is 19.8 Å². The molecule has 0 bridgehead atoms. The van der Waals surface area contributed by atoms with Crippen molar-refractivity contribution in [3.63, 3.8) is 0 Å². The SMILES string of the molecule is CCOC(=O)CN(C(=O)CCC#N)c1ccc(F)cn1. The van der Waals surface area contributed by atoms with Gasteiger partial charge in [0.1, 0.15) is 18.2 Å². The van der Waals surface area contributed by atoms with Crippen LogP contribution in [-0.4, -0.2) is 30.0 Å². The monoisotopic (exact) mass is 279 g/mol. The maximum Gasteiger partial charge on any atom is 0.326 e. The number of esters is 1. The number of ether oxygens (including phenoxy) is 1. The van der Waals surface area contributed by atoms with Crippen LogP contribution in [0.5, 0.6) is 0 Å². The number of aromatic nitrogens is 1. The quantitative estimate of drug-likeness (QED) is 0.735. The molecule has 20 heavy (non-hydrogen) atoms. The van der Waals surface area contributed by atoms with Crippen LogP contribution in [0.15, 0.2) is 18.3 Å². The topological polar surface area (TPSA) is 83.3 Å². The van der Waals surface area contributed by atoms with Gasteiger partial charge in [-0.25, -0.2) is 9.37 Å². The molecule has 0 aliphatic rings. The summed E-state index contributed by atoms with van der Waals surface area (Å²) in [6, 6.07) is 4.28. The number of amides is 1. The number of carbonyl (C=O) groups is 2. The number of anilines is 1. The lowest BCUT2D eigenvalue weighted by Gasteiger charge is -2.20. The van der Waals surface area contributed by atoms with E-state index in [-0.39, 0.29) is 31.8 Å².